The maximum atomic E-state index is 12.0. The summed E-state index contributed by atoms with van der Waals surface area (Å²) in [5.74, 6) is -0.205. The summed E-state index contributed by atoms with van der Waals surface area (Å²) >= 11 is 7.64. The lowest BCUT2D eigenvalue weighted by Gasteiger charge is -2.07. The zero-order valence-corrected chi connectivity index (χ0v) is 14.0. The third kappa shape index (κ3) is 2.76. The lowest BCUT2D eigenvalue weighted by Crippen LogP contribution is -2.10. The minimum atomic E-state index is -0.205. The van der Waals surface area contributed by atoms with E-state index in [2.05, 4.69) is 15.8 Å². The minimum absolute atomic E-state index is 0.205. The number of hydrogen-bond donors (Lipinski definition) is 0. The van der Waals surface area contributed by atoms with Gasteiger partial charge in [-0.3, -0.25) is 4.79 Å². The van der Waals surface area contributed by atoms with Gasteiger partial charge in [-0.1, -0.05) is 23.7 Å². The molecule has 0 atom stereocenters. The van der Waals surface area contributed by atoms with Crippen LogP contribution < -0.4 is 0 Å². The second-order valence-corrected chi connectivity index (χ2v) is 6.37. The summed E-state index contributed by atoms with van der Waals surface area (Å²) in [7, 11) is 0. The minimum Gasteiger partial charge on any atom is -0.466 e. The summed E-state index contributed by atoms with van der Waals surface area (Å²) in [5.41, 5.74) is 4.20. The van der Waals surface area contributed by atoms with Gasteiger partial charge in [0.15, 0.2) is 0 Å². The molecule has 0 N–H and O–H groups in total. The van der Waals surface area contributed by atoms with E-state index in [4.69, 9.17) is 16.3 Å². The number of fused-ring (bicyclic) bond motifs is 1. The Bertz CT molecular complexity index is 817. The summed E-state index contributed by atoms with van der Waals surface area (Å²) in [5, 5.41) is 2.79. The van der Waals surface area contributed by atoms with E-state index in [0.29, 0.717) is 11.6 Å². The van der Waals surface area contributed by atoms with E-state index < -0.39 is 0 Å². The first-order chi connectivity index (χ1) is 10.6. The van der Waals surface area contributed by atoms with Crippen LogP contribution in [0.5, 0.6) is 0 Å². The lowest BCUT2D eigenvalue weighted by molar-refractivity contribution is -0.142. The fourth-order valence-electron chi connectivity index (χ4n) is 2.60. The quantitative estimate of drug-likeness (QED) is 0.646. The number of hydrogen-bond acceptors (Lipinski definition) is 3. The van der Waals surface area contributed by atoms with Crippen LogP contribution in [-0.4, -0.2) is 17.0 Å². The topological polar surface area (TPSA) is 30.7 Å². The molecular formula is C17H16ClNO2S. The number of esters is 1. The van der Waals surface area contributed by atoms with Crippen molar-refractivity contribution in [3.63, 3.8) is 0 Å². The molecule has 114 valence electrons. The van der Waals surface area contributed by atoms with Crippen LogP contribution in [-0.2, 0) is 16.0 Å². The molecule has 0 amide bonds. The van der Waals surface area contributed by atoms with Crippen molar-refractivity contribution in [2.75, 3.05) is 6.61 Å². The number of ether oxygens (including phenoxy) is 1. The van der Waals surface area contributed by atoms with Crippen molar-refractivity contribution in [1.82, 2.24) is 4.40 Å². The van der Waals surface area contributed by atoms with Gasteiger partial charge in [0.2, 0.25) is 0 Å². The highest BCUT2D eigenvalue weighted by Crippen LogP contribution is 2.32. The molecule has 5 heteroatoms. The second-order valence-electron chi connectivity index (χ2n) is 5.04. The Morgan fingerprint density at radius 1 is 1.32 bits per heavy atom. The summed E-state index contributed by atoms with van der Waals surface area (Å²) in [6.45, 7) is 4.26. The van der Waals surface area contributed by atoms with Crippen molar-refractivity contribution in [1.29, 1.82) is 0 Å². The lowest BCUT2D eigenvalue weighted by atomic mass is 10.0. The number of aromatic nitrogens is 1. The Morgan fingerprint density at radius 2 is 2.05 bits per heavy atom. The summed E-state index contributed by atoms with van der Waals surface area (Å²) in [6.07, 6.45) is 0.261. The molecule has 3 nitrogen and oxygen atoms in total. The summed E-state index contributed by atoms with van der Waals surface area (Å²) in [4.78, 5) is 13.1. The maximum Gasteiger partial charge on any atom is 0.311 e. The van der Waals surface area contributed by atoms with Crippen LogP contribution in [0.3, 0.4) is 0 Å². The molecule has 0 fully saturated rings. The van der Waals surface area contributed by atoms with Gasteiger partial charge in [0.1, 0.15) is 4.83 Å². The van der Waals surface area contributed by atoms with Crippen LogP contribution in [0.2, 0.25) is 5.02 Å². The fraction of sp³-hybridized carbons (Fsp3) is 0.235. The number of aryl methyl sites for hydroxylation is 1. The van der Waals surface area contributed by atoms with Crippen LogP contribution >= 0.6 is 22.9 Å². The molecule has 0 aliphatic rings. The number of rotatable bonds is 4. The number of carbonyl (C=O) groups is 1. The van der Waals surface area contributed by atoms with E-state index in [-0.39, 0.29) is 12.4 Å². The van der Waals surface area contributed by atoms with Gasteiger partial charge in [0.25, 0.3) is 0 Å². The highest BCUT2D eigenvalue weighted by atomic mass is 35.5. The van der Waals surface area contributed by atoms with Crippen LogP contribution in [0.1, 0.15) is 18.3 Å². The smallest absolute Gasteiger partial charge is 0.311 e. The van der Waals surface area contributed by atoms with Crippen LogP contribution in [0.25, 0.3) is 16.0 Å². The van der Waals surface area contributed by atoms with E-state index in [1.165, 1.54) is 0 Å². The van der Waals surface area contributed by atoms with Gasteiger partial charge in [-0.2, -0.15) is 0 Å². The second kappa shape index (κ2) is 6.15. The Morgan fingerprint density at radius 3 is 2.73 bits per heavy atom. The zero-order chi connectivity index (χ0) is 15.7. The first-order valence-corrected chi connectivity index (χ1v) is 8.36. The van der Waals surface area contributed by atoms with E-state index >= 15 is 0 Å². The van der Waals surface area contributed by atoms with E-state index in [9.17, 15) is 4.79 Å². The van der Waals surface area contributed by atoms with E-state index in [0.717, 1.165) is 27.3 Å². The summed E-state index contributed by atoms with van der Waals surface area (Å²) in [6, 6.07) is 9.81. The number of halogens is 1. The Kier molecular flexibility index (Phi) is 4.23. The molecule has 0 spiro atoms. The van der Waals surface area contributed by atoms with Gasteiger partial charge in [-0.05, 0) is 37.6 Å². The third-order valence-corrected chi connectivity index (χ3v) is 4.80. The molecule has 2 aromatic heterocycles. The predicted octanol–water partition coefficient (Wildman–Crippen LogP) is 4.74. The van der Waals surface area contributed by atoms with Gasteiger partial charge in [-0.25, -0.2) is 0 Å². The number of thiazole rings is 1. The normalized spacial score (nSPS) is 11.0. The number of benzene rings is 1. The van der Waals surface area contributed by atoms with E-state index in [1.54, 1.807) is 11.3 Å². The maximum absolute atomic E-state index is 12.0. The van der Waals surface area contributed by atoms with E-state index in [1.807, 2.05) is 38.1 Å². The SMILES string of the molecule is CCOC(=O)Cc1c(-c2ccc(Cl)cc2)cc2scc(C)n12. The van der Waals surface area contributed by atoms with Gasteiger partial charge in [0, 0.05) is 27.4 Å². The van der Waals surface area contributed by atoms with Gasteiger partial charge in [-0.15, -0.1) is 11.3 Å². The molecule has 0 radical (unpaired) electrons. The highest BCUT2D eigenvalue weighted by molar-refractivity contribution is 7.15. The molecular weight excluding hydrogens is 318 g/mol. The van der Waals surface area contributed by atoms with Crippen LogP contribution in [0, 0.1) is 6.92 Å². The molecule has 22 heavy (non-hydrogen) atoms. The molecule has 3 aromatic rings. The molecule has 0 unspecified atom stereocenters. The van der Waals surface area contributed by atoms with Crippen molar-refractivity contribution >= 4 is 33.7 Å². The molecule has 0 aliphatic carbocycles. The number of carbonyl (C=O) groups excluding carboxylic acids is 1. The molecule has 2 heterocycles. The van der Waals surface area contributed by atoms with Gasteiger partial charge >= 0.3 is 5.97 Å². The monoisotopic (exact) mass is 333 g/mol. The molecule has 1 aromatic carbocycles. The molecule has 0 saturated carbocycles. The Balaban J connectivity index is 2.12. The largest absolute Gasteiger partial charge is 0.466 e. The average molecular weight is 334 g/mol. The first kappa shape index (κ1) is 15.1. The van der Waals surface area contributed by atoms with Crippen molar-refractivity contribution < 1.29 is 9.53 Å². The van der Waals surface area contributed by atoms with Crippen molar-refractivity contribution in [3.8, 4) is 11.1 Å². The molecule has 0 aliphatic heterocycles. The Hall–Kier alpha value is -1.78. The van der Waals surface area contributed by atoms with Crippen LogP contribution in [0.15, 0.2) is 35.7 Å². The summed E-state index contributed by atoms with van der Waals surface area (Å²) < 4.78 is 7.25. The fourth-order valence-corrected chi connectivity index (χ4v) is 3.67. The van der Waals surface area contributed by atoms with Crippen LogP contribution in [0.4, 0.5) is 0 Å². The van der Waals surface area contributed by atoms with Crippen molar-refractivity contribution in [3.05, 3.63) is 52.1 Å². The third-order valence-electron chi connectivity index (χ3n) is 3.54. The molecule has 3 rings (SSSR count). The van der Waals surface area contributed by atoms with Gasteiger partial charge in [0.05, 0.1) is 13.0 Å². The first-order valence-electron chi connectivity index (χ1n) is 7.10. The van der Waals surface area contributed by atoms with Gasteiger partial charge < -0.3 is 9.14 Å². The standard InChI is InChI=1S/C17H16ClNO2S/c1-3-21-17(20)9-15-14(12-4-6-13(18)7-5-12)8-16-19(15)11(2)10-22-16/h4-8,10H,3,9H2,1-2H3. The predicted molar refractivity (Wildman–Crippen MR) is 90.8 cm³/mol. The average Bonchev–Trinajstić information content (AvgIpc) is 3.02. The molecule has 0 bridgehead atoms. The number of nitrogens with zero attached hydrogens (tertiary/aromatic N) is 1. The highest BCUT2D eigenvalue weighted by Gasteiger charge is 2.18. The molecule has 0 saturated heterocycles. The Labute approximate surface area is 138 Å². The zero-order valence-electron chi connectivity index (χ0n) is 12.4. The van der Waals surface area contributed by atoms with Crippen molar-refractivity contribution in [2.24, 2.45) is 0 Å². The van der Waals surface area contributed by atoms with Crippen molar-refractivity contribution in [2.45, 2.75) is 20.3 Å².